The minimum Gasteiger partial charge on any atom is -0.458 e. The second-order valence-corrected chi connectivity index (χ2v) is 4.01. The number of hydrogen-bond acceptors (Lipinski definition) is 5. The zero-order valence-corrected chi connectivity index (χ0v) is 9.52. The second-order valence-electron chi connectivity index (χ2n) is 4.01. The van der Waals surface area contributed by atoms with Crippen molar-refractivity contribution >= 4 is 18.2 Å². The Bertz CT molecular complexity index is 299. The van der Waals surface area contributed by atoms with Gasteiger partial charge in [0.1, 0.15) is 6.10 Å². The lowest BCUT2D eigenvalue weighted by atomic mass is 9.83. The maximum Gasteiger partial charge on any atom is 0.303 e. The molecule has 0 bridgehead atoms. The molecule has 5 heteroatoms. The first kappa shape index (κ1) is 12.7. The fraction of sp³-hybridized carbons (Fsp3) is 0.727. The normalized spacial score (nSPS) is 29.2. The molecule has 2 atom stereocenters. The quantitative estimate of drug-likeness (QED) is 0.532. The summed E-state index contributed by atoms with van der Waals surface area (Å²) >= 11 is 0. The topological polar surface area (TPSA) is 69.7 Å². The van der Waals surface area contributed by atoms with Gasteiger partial charge in [-0.3, -0.25) is 14.4 Å². The van der Waals surface area contributed by atoms with Crippen LogP contribution < -0.4 is 0 Å². The fourth-order valence-electron chi connectivity index (χ4n) is 2.04. The molecule has 0 radical (unpaired) electrons. The van der Waals surface area contributed by atoms with E-state index in [1.54, 1.807) is 0 Å². The van der Waals surface area contributed by atoms with Crippen molar-refractivity contribution in [3.05, 3.63) is 0 Å². The first-order valence-corrected chi connectivity index (χ1v) is 5.33. The SMILES string of the molecule is CC(=O)OC1CCCCC1(C=O)OC(C)=O. The molecule has 0 aromatic carbocycles. The minimum atomic E-state index is -1.28. The van der Waals surface area contributed by atoms with E-state index < -0.39 is 23.6 Å². The van der Waals surface area contributed by atoms with Crippen molar-refractivity contribution in [3.63, 3.8) is 0 Å². The third-order valence-electron chi connectivity index (χ3n) is 2.67. The van der Waals surface area contributed by atoms with Gasteiger partial charge in [0, 0.05) is 13.8 Å². The third kappa shape index (κ3) is 2.81. The Balaban J connectivity index is 2.86. The summed E-state index contributed by atoms with van der Waals surface area (Å²) in [5.41, 5.74) is -1.28. The van der Waals surface area contributed by atoms with Crippen LogP contribution in [0.1, 0.15) is 39.5 Å². The molecule has 0 heterocycles. The van der Waals surface area contributed by atoms with Crippen LogP contribution in [-0.4, -0.2) is 29.9 Å². The summed E-state index contributed by atoms with van der Waals surface area (Å²) in [4.78, 5) is 33.0. The van der Waals surface area contributed by atoms with Crippen LogP contribution in [0.4, 0.5) is 0 Å². The van der Waals surface area contributed by atoms with Crippen molar-refractivity contribution in [3.8, 4) is 0 Å². The maximum absolute atomic E-state index is 11.1. The van der Waals surface area contributed by atoms with E-state index in [1.165, 1.54) is 13.8 Å². The Kier molecular flexibility index (Phi) is 4.04. The second kappa shape index (κ2) is 5.09. The summed E-state index contributed by atoms with van der Waals surface area (Å²) in [6, 6.07) is 0. The van der Waals surface area contributed by atoms with E-state index in [0.29, 0.717) is 19.1 Å². The molecule has 2 unspecified atom stereocenters. The van der Waals surface area contributed by atoms with Crippen LogP contribution in [0.3, 0.4) is 0 Å². The molecule has 1 rings (SSSR count). The van der Waals surface area contributed by atoms with Crippen LogP contribution in [0.15, 0.2) is 0 Å². The summed E-state index contributed by atoms with van der Waals surface area (Å²) in [7, 11) is 0. The predicted octanol–water partition coefficient (Wildman–Crippen LogP) is 0.993. The Hall–Kier alpha value is -1.39. The van der Waals surface area contributed by atoms with Crippen molar-refractivity contribution in [1.82, 2.24) is 0 Å². The van der Waals surface area contributed by atoms with Gasteiger partial charge < -0.3 is 9.47 Å². The first-order valence-electron chi connectivity index (χ1n) is 5.33. The van der Waals surface area contributed by atoms with Gasteiger partial charge in [0.2, 0.25) is 5.60 Å². The lowest BCUT2D eigenvalue weighted by Crippen LogP contribution is -2.51. The van der Waals surface area contributed by atoms with Crippen LogP contribution in [0.2, 0.25) is 0 Å². The molecule has 16 heavy (non-hydrogen) atoms. The van der Waals surface area contributed by atoms with Crippen molar-refractivity contribution in [2.45, 2.75) is 51.2 Å². The van der Waals surface area contributed by atoms with E-state index in [1.807, 2.05) is 0 Å². The molecule has 0 N–H and O–H groups in total. The van der Waals surface area contributed by atoms with Crippen LogP contribution in [0.25, 0.3) is 0 Å². The highest BCUT2D eigenvalue weighted by molar-refractivity contribution is 5.74. The summed E-state index contributed by atoms with van der Waals surface area (Å²) in [5, 5.41) is 0. The molecule has 1 saturated carbocycles. The molecular weight excluding hydrogens is 212 g/mol. The molecule has 0 aromatic heterocycles. The number of hydrogen-bond donors (Lipinski definition) is 0. The molecule has 1 fully saturated rings. The van der Waals surface area contributed by atoms with Gasteiger partial charge in [-0.05, 0) is 25.7 Å². The highest BCUT2D eigenvalue weighted by Gasteiger charge is 2.46. The highest BCUT2D eigenvalue weighted by atomic mass is 16.6. The van der Waals surface area contributed by atoms with Gasteiger partial charge in [-0.2, -0.15) is 0 Å². The Labute approximate surface area is 94.1 Å². The third-order valence-corrected chi connectivity index (χ3v) is 2.67. The summed E-state index contributed by atoms with van der Waals surface area (Å²) in [6.45, 7) is 2.52. The molecule has 1 aliphatic rings. The van der Waals surface area contributed by atoms with Gasteiger partial charge >= 0.3 is 11.9 Å². The molecule has 0 aliphatic heterocycles. The average Bonchev–Trinajstić information content (AvgIpc) is 2.19. The average molecular weight is 228 g/mol. The number of ether oxygens (including phenoxy) is 2. The van der Waals surface area contributed by atoms with E-state index >= 15 is 0 Å². The number of carbonyl (C=O) groups is 3. The molecule has 0 spiro atoms. The van der Waals surface area contributed by atoms with E-state index in [4.69, 9.17) is 9.47 Å². The predicted molar refractivity (Wildman–Crippen MR) is 54.6 cm³/mol. The molecule has 5 nitrogen and oxygen atoms in total. The number of rotatable bonds is 3. The van der Waals surface area contributed by atoms with Crippen LogP contribution in [-0.2, 0) is 23.9 Å². The molecular formula is C11H16O5. The fourth-order valence-corrected chi connectivity index (χ4v) is 2.04. The Morgan fingerprint density at radius 3 is 2.44 bits per heavy atom. The largest absolute Gasteiger partial charge is 0.458 e. The lowest BCUT2D eigenvalue weighted by Gasteiger charge is -2.37. The van der Waals surface area contributed by atoms with Crippen molar-refractivity contribution in [1.29, 1.82) is 0 Å². The van der Waals surface area contributed by atoms with E-state index in [-0.39, 0.29) is 0 Å². The standard InChI is InChI=1S/C11H16O5/c1-8(13)15-10-5-3-4-6-11(10,7-12)16-9(2)14/h7,10H,3-6H2,1-2H3. The summed E-state index contributed by atoms with van der Waals surface area (Å²) < 4.78 is 10.1. The van der Waals surface area contributed by atoms with Crippen LogP contribution >= 0.6 is 0 Å². The van der Waals surface area contributed by atoms with Gasteiger partial charge in [-0.1, -0.05) is 0 Å². The summed E-state index contributed by atoms with van der Waals surface area (Å²) in [5.74, 6) is -1.00. The van der Waals surface area contributed by atoms with E-state index in [9.17, 15) is 14.4 Å². The van der Waals surface area contributed by atoms with Crippen molar-refractivity contribution in [2.75, 3.05) is 0 Å². The molecule has 0 amide bonds. The Morgan fingerprint density at radius 1 is 1.25 bits per heavy atom. The van der Waals surface area contributed by atoms with E-state index in [2.05, 4.69) is 0 Å². The van der Waals surface area contributed by atoms with Gasteiger partial charge in [0.15, 0.2) is 6.29 Å². The van der Waals surface area contributed by atoms with Gasteiger partial charge in [-0.15, -0.1) is 0 Å². The van der Waals surface area contributed by atoms with E-state index in [0.717, 1.165) is 12.8 Å². The molecule has 1 aliphatic carbocycles. The number of aldehydes is 1. The van der Waals surface area contributed by atoms with Crippen LogP contribution in [0, 0.1) is 0 Å². The monoisotopic (exact) mass is 228 g/mol. The lowest BCUT2D eigenvalue weighted by molar-refractivity contribution is -0.189. The van der Waals surface area contributed by atoms with Gasteiger partial charge in [0.05, 0.1) is 0 Å². The van der Waals surface area contributed by atoms with Crippen molar-refractivity contribution < 1.29 is 23.9 Å². The Morgan fingerprint density at radius 2 is 1.94 bits per heavy atom. The zero-order valence-electron chi connectivity index (χ0n) is 9.52. The van der Waals surface area contributed by atoms with Gasteiger partial charge in [-0.25, -0.2) is 0 Å². The minimum absolute atomic E-state index is 0.411. The number of esters is 2. The smallest absolute Gasteiger partial charge is 0.303 e. The zero-order chi connectivity index (χ0) is 12.2. The first-order chi connectivity index (χ1) is 7.50. The number of carbonyl (C=O) groups excluding carboxylic acids is 3. The molecule has 0 aromatic rings. The highest BCUT2D eigenvalue weighted by Crippen LogP contribution is 2.32. The maximum atomic E-state index is 11.1. The molecule has 0 saturated heterocycles. The van der Waals surface area contributed by atoms with Crippen LogP contribution in [0.5, 0.6) is 0 Å². The molecule has 90 valence electrons. The van der Waals surface area contributed by atoms with Gasteiger partial charge in [0.25, 0.3) is 0 Å². The summed E-state index contributed by atoms with van der Waals surface area (Å²) in [6.07, 6.45) is 2.53. The van der Waals surface area contributed by atoms with Crippen molar-refractivity contribution in [2.24, 2.45) is 0 Å².